The van der Waals surface area contributed by atoms with Crippen LogP contribution in [0.4, 0.5) is 13.2 Å². The second kappa shape index (κ2) is 6.21. The molecule has 1 aromatic rings. The number of rotatable bonds is 1. The van der Waals surface area contributed by atoms with Crippen LogP contribution >= 0.6 is 11.6 Å². The molecule has 3 nitrogen and oxygen atoms in total. The number of carboxylic acid groups (broad SMARTS) is 1. The molecule has 0 spiro atoms. The van der Waals surface area contributed by atoms with Crippen molar-refractivity contribution in [1.29, 1.82) is 0 Å². The van der Waals surface area contributed by atoms with Gasteiger partial charge in [-0.25, -0.2) is 0 Å². The minimum absolute atomic E-state index is 0.0454. The van der Waals surface area contributed by atoms with Crippen LogP contribution in [0.3, 0.4) is 0 Å². The van der Waals surface area contributed by atoms with Gasteiger partial charge in [-0.15, -0.1) is 0 Å². The summed E-state index contributed by atoms with van der Waals surface area (Å²) >= 11 is 5.99. The van der Waals surface area contributed by atoms with E-state index in [0.717, 1.165) is 0 Å². The van der Waals surface area contributed by atoms with Gasteiger partial charge in [0.05, 0.1) is 5.56 Å². The van der Waals surface area contributed by atoms with E-state index in [0.29, 0.717) is 5.56 Å². The van der Waals surface area contributed by atoms with Crippen molar-refractivity contribution in [3.8, 4) is 17.6 Å². The van der Waals surface area contributed by atoms with E-state index in [9.17, 15) is 18.0 Å². The highest BCUT2D eigenvalue weighted by atomic mass is 35.5. The Labute approximate surface area is 142 Å². The average Bonchev–Trinajstić information content (AvgIpc) is 2.41. The molecule has 1 heterocycles. The lowest BCUT2D eigenvalue weighted by molar-refractivity contribution is -0.217. The maximum absolute atomic E-state index is 13.2. The molecule has 0 saturated heterocycles. The van der Waals surface area contributed by atoms with Gasteiger partial charge in [-0.3, -0.25) is 4.79 Å². The van der Waals surface area contributed by atoms with E-state index in [1.54, 1.807) is 0 Å². The molecule has 1 aliphatic heterocycles. The lowest BCUT2D eigenvalue weighted by Crippen LogP contribution is -2.47. The fourth-order valence-electron chi connectivity index (χ4n) is 2.35. The molecule has 1 aromatic carbocycles. The van der Waals surface area contributed by atoms with Crippen molar-refractivity contribution in [2.45, 2.75) is 39.5 Å². The van der Waals surface area contributed by atoms with E-state index in [4.69, 9.17) is 21.4 Å². The molecular weight excluding hydrogens is 345 g/mol. The number of carbonyl (C=O) groups is 1. The van der Waals surface area contributed by atoms with Crippen LogP contribution in [-0.2, 0) is 11.2 Å². The van der Waals surface area contributed by atoms with Crippen LogP contribution in [-0.4, -0.2) is 23.4 Å². The minimum atomic E-state index is -4.80. The largest absolute Gasteiger partial charge is 0.481 e. The van der Waals surface area contributed by atoms with Crippen molar-refractivity contribution in [3.63, 3.8) is 0 Å². The maximum atomic E-state index is 13.2. The SMILES string of the molecule is CC(C)(C)C#Cc1cc(Cl)cc2c1OC(C(F)(F)F)C(C(=O)O)C2. The zero-order valence-corrected chi connectivity index (χ0v) is 14.0. The van der Waals surface area contributed by atoms with Crippen molar-refractivity contribution in [2.24, 2.45) is 11.3 Å². The second-order valence-electron chi connectivity index (χ2n) is 6.67. The van der Waals surface area contributed by atoms with Crippen molar-refractivity contribution in [3.05, 3.63) is 28.3 Å². The fraction of sp³-hybridized carbons (Fsp3) is 0.471. The van der Waals surface area contributed by atoms with Crippen LogP contribution in [0.1, 0.15) is 31.9 Å². The van der Waals surface area contributed by atoms with Crippen LogP contribution in [0, 0.1) is 23.2 Å². The number of benzene rings is 1. The van der Waals surface area contributed by atoms with Crippen LogP contribution in [0.5, 0.6) is 5.75 Å². The molecule has 0 fully saturated rings. The summed E-state index contributed by atoms with van der Waals surface area (Å²) in [7, 11) is 0. The van der Waals surface area contributed by atoms with E-state index in [1.807, 2.05) is 20.8 Å². The number of hydrogen-bond donors (Lipinski definition) is 1. The van der Waals surface area contributed by atoms with Gasteiger partial charge in [-0.1, -0.05) is 23.4 Å². The summed E-state index contributed by atoms with van der Waals surface area (Å²) in [6.45, 7) is 5.57. The standard InChI is InChI=1S/C17H16ClF3O3/c1-16(2,3)5-4-9-6-11(18)7-10-8-12(15(22)23)14(17(19,20)21)24-13(9)10/h6-7,12,14H,8H2,1-3H3,(H,22,23). The van der Waals surface area contributed by atoms with Crippen molar-refractivity contribution < 1.29 is 27.8 Å². The Bertz CT molecular complexity index is 724. The third-order valence-corrected chi connectivity index (χ3v) is 3.61. The third-order valence-electron chi connectivity index (χ3n) is 3.39. The number of carboxylic acids is 1. The van der Waals surface area contributed by atoms with E-state index in [1.165, 1.54) is 12.1 Å². The van der Waals surface area contributed by atoms with Gasteiger partial charge in [0.2, 0.25) is 6.10 Å². The predicted molar refractivity (Wildman–Crippen MR) is 83.1 cm³/mol. The van der Waals surface area contributed by atoms with Crippen molar-refractivity contribution >= 4 is 17.6 Å². The molecule has 2 atom stereocenters. The molecule has 0 aliphatic carbocycles. The van der Waals surface area contributed by atoms with E-state index >= 15 is 0 Å². The topological polar surface area (TPSA) is 46.5 Å². The Morgan fingerprint density at radius 3 is 2.46 bits per heavy atom. The van der Waals surface area contributed by atoms with Gasteiger partial charge in [0.1, 0.15) is 11.7 Å². The summed E-state index contributed by atoms with van der Waals surface area (Å²) in [5, 5.41) is 9.37. The molecular formula is C17H16ClF3O3. The summed E-state index contributed by atoms with van der Waals surface area (Å²) in [6, 6.07) is 2.84. The van der Waals surface area contributed by atoms with Gasteiger partial charge in [0.15, 0.2) is 0 Å². The number of fused-ring (bicyclic) bond motifs is 1. The number of hydrogen-bond acceptors (Lipinski definition) is 2. The average molecular weight is 361 g/mol. The molecule has 1 N–H and O–H groups in total. The van der Waals surface area contributed by atoms with Crippen LogP contribution in [0.15, 0.2) is 12.1 Å². The van der Waals surface area contributed by atoms with Crippen molar-refractivity contribution in [1.82, 2.24) is 0 Å². The van der Waals surface area contributed by atoms with Gasteiger partial charge >= 0.3 is 12.1 Å². The van der Waals surface area contributed by atoms with Crippen LogP contribution < -0.4 is 4.74 Å². The molecule has 0 aromatic heterocycles. The van der Waals surface area contributed by atoms with E-state index in [2.05, 4.69) is 11.8 Å². The number of aliphatic carboxylic acids is 1. The van der Waals surface area contributed by atoms with Gasteiger partial charge in [-0.2, -0.15) is 13.2 Å². The van der Waals surface area contributed by atoms with Gasteiger partial charge in [0, 0.05) is 10.4 Å². The van der Waals surface area contributed by atoms with E-state index < -0.39 is 24.2 Å². The quantitative estimate of drug-likeness (QED) is 0.759. The molecule has 0 bridgehead atoms. The first kappa shape index (κ1) is 18.5. The Morgan fingerprint density at radius 1 is 1.33 bits per heavy atom. The Balaban J connectivity index is 2.56. The van der Waals surface area contributed by atoms with Gasteiger partial charge in [-0.05, 0) is 44.9 Å². The Morgan fingerprint density at radius 2 is 1.96 bits per heavy atom. The van der Waals surface area contributed by atoms with Crippen LogP contribution in [0.25, 0.3) is 0 Å². The molecule has 24 heavy (non-hydrogen) atoms. The molecule has 0 radical (unpaired) electrons. The highest BCUT2D eigenvalue weighted by molar-refractivity contribution is 6.30. The zero-order chi connectivity index (χ0) is 18.3. The predicted octanol–water partition coefficient (Wildman–Crippen LogP) is 4.30. The van der Waals surface area contributed by atoms with Crippen molar-refractivity contribution in [2.75, 3.05) is 0 Å². The Hall–Kier alpha value is -1.87. The Kier molecular flexibility index (Phi) is 4.78. The van der Waals surface area contributed by atoms with E-state index in [-0.39, 0.29) is 28.2 Å². The summed E-state index contributed by atoms with van der Waals surface area (Å²) in [4.78, 5) is 11.2. The lowest BCUT2D eigenvalue weighted by Gasteiger charge is -2.33. The minimum Gasteiger partial charge on any atom is -0.481 e. The molecule has 2 unspecified atom stereocenters. The second-order valence-corrected chi connectivity index (χ2v) is 7.11. The smallest absolute Gasteiger partial charge is 0.426 e. The summed E-state index contributed by atoms with van der Waals surface area (Å²) in [6.07, 6.45) is -7.53. The molecule has 7 heteroatoms. The highest BCUT2D eigenvalue weighted by Crippen LogP contribution is 2.41. The van der Waals surface area contributed by atoms with Crippen LogP contribution in [0.2, 0.25) is 5.02 Å². The third kappa shape index (κ3) is 4.15. The highest BCUT2D eigenvalue weighted by Gasteiger charge is 2.52. The number of alkyl halides is 3. The molecule has 0 saturated carbocycles. The lowest BCUT2D eigenvalue weighted by atomic mass is 9.88. The first-order chi connectivity index (χ1) is 10.9. The van der Waals surface area contributed by atoms with Gasteiger partial charge in [0.25, 0.3) is 0 Å². The summed E-state index contributed by atoms with van der Waals surface area (Å²) in [5.41, 5.74) is 0.177. The zero-order valence-electron chi connectivity index (χ0n) is 13.3. The maximum Gasteiger partial charge on any atom is 0.426 e. The molecule has 0 amide bonds. The first-order valence-corrected chi connectivity index (χ1v) is 7.58. The molecule has 2 rings (SSSR count). The monoisotopic (exact) mass is 360 g/mol. The van der Waals surface area contributed by atoms with Gasteiger partial charge < -0.3 is 9.84 Å². The fourth-order valence-corrected chi connectivity index (χ4v) is 2.59. The number of halogens is 4. The summed E-state index contributed by atoms with van der Waals surface area (Å²) in [5.74, 6) is 2.38. The molecule has 130 valence electrons. The summed E-state index contributed by atoms with van der Waals surface area (Å²) < 4.78 is 44.6. The normalized spacial score (nSPS) is 20.5. The molecule has 1 aliphatic rings. The first-order valence-electron chi connectivity index (χ1n) is 7.20. The number of ether oxygens (including phenoxy) is 1.